The van der Waals surface area contributed by atoms with Crippen LogP contribution in [-0.2, 0) is 0 Å². The molecule has 0 atom stereocenters. The summed E-state index contributed by atoms with van der Waals surface area (Å²) in [6, 6.07) is 0. The van der Waals surface area contributed by atoms with E-state index in [1.165, 1.54) is 0 Å². The molecule has 0 unspecified atom stereocenters. The van der Waals surface area contributed by atoms with Crippen molar-refractivity contribution >= 4 is 0 Å². The third-order valence-electron chi connectivity index (χ3n) is 2.42. The van der Waals surface area contributed by atoms with E-state index in [0.29, 0.717) is 6.54 Å². The van der Waals surface area contributed by atoms with Crippen molar-refractivity contribution in [2.45, 2.75) is 19.4 Å². The number of nitrogens with zero attached hydrogens (tertiary/aromatic N) is 2. The van der Waals surface area contributed by atoms with E-state index in [-0.39, 0.29) is 5.54 Å². The van der Waals surface area contributed by atoms with E-state index in [1.807, 2.05) is 0 Å². The lowest BCUT2D eigenvalue weighted by Gasteiger charge is -2.35. The quantitative estimate of drug-likeness (QED) is 0.645. The Hall–Kier alpha value is -0.120. The predicted octanol–water partition coefficient (Wildman–Crippen LogP) is 0.217. The van der Waals surface area contributed by atoms with Crippen LogP contribution in [0.25, 0.3) is 0 Å². The van der Waals surface area contributed by atoms with Crippen LogP contribution in [0.4, 0.5) is 0 Å². The molecule has 74 valence electrons. The van der Waals surface area contributed by atoms with Crippen LogP contribution in [0.5, 0.6) is 0 Å². The molecule has 0 spiro atoms. The molecule has 0 amide bonds. The monoisotopic (exact) mass is 173 g/mol. The summed E-state index contributed by atoms with van der Waals surface area (Å²) in [5.41, 5.74) is 5.78. The molecule has 0 saturated heterocycles. The highest BCUT2D eigenvalue weighted by Gasteiger charge is 2.20. The zero-order chi connectivity index (χ0) is 9.78. The van der Waals surface area contributed by atoms with Gasteiger partial charge in [0.05, 0.1) is 0 Å². The van der Waals surface area contributed by atoms with Crippen LogP contribution >= 0.6 is 0 Å². The van der Waals surface area contributed by atoms with E-state index < -0.39 is 0 Å². The molecule has 3 nitrogen and oxygen atoms in total. The molecule has 0 aliphatic heterocycles. The SMILES string of the molecule is CN(C)CCN(C)C(C)(C)CN. The predicted molar refractivity (Wildman–Crippen MR) is 54.3 cm³/mol. The molecule has 12 heavy (non-hydrogen) atoms. The maximum atomic E-state index is 5.66. The minimum atomic E-state index is 0.121. The van der Waals surface area contributed by atoms with Gasteiger partial charge in [-0.05, 0) is 35.0 Å². The van der Waals surface area contributed by atoms with Crippen molar-refractivity contribution in [1.82, 2.24) is 9.80 Å². The summed E-state index contributed by atoms with van der Waals surface area (Å²) in [7, 11) is 6.29. The molecular formula is C9H23N3. The second kappa shape index (κ2) is 4.80. The minimum Gasteiger partial charge on any atom is -0.329 e. The fraction of sp³-hybridized carbons (Fsp3) is 1.00. The van der Waals surface area contributed by atoms with Crippen LogP contribution in [0.1, 0.15) is 13.8 Å². The molecule has 0 aromatic rings. The fourth-order valence-electron chi connectivity index (χ4n) is 0.809. The molecule has 0 saturated carbocycles. The standard InChI is InChI=1S/C9H23N3/c1-9(2,8-10)12(5)7-6-11(3)4/h6-8,10H2,1-5H3. The van der Waals surface area contributed by atoms with Gasteiger partial charge < -0.3 is 10.6 Å². The number of nitrogens with two attached hydrogens (primary N) is 1. The Morgan fingerprint density at radius 1 is 1.08 bits per heavy atom. The Balaban J connectivity index is 3.78. The average molecular weight is 173 g/mol. The topological polar surface area (TPSA) is 32.5 Å². The molecule has 0 heterocycles. The van der Waals surface area contributed by atoms with Gasteiger partial charge in [0.15, 0.2) is 0 Å². The van der Waals surface area contributed by atoms with E-state index >= 15 is 0 Å². The van der Waals surface area contributed by atoms with Crippen LogP contribution in [-0.4, -0.2) is 56.1 Å². The summed E-state index contributed by atoms with van der Waals surface area (Å²) in [4.78, 5) is 4.48. The second-order valence-corrected chi connectivity index (χ2v) is 4.24. The molecule has 2 N–H and O–H groups in total. The average Bonchev–Trinajstić information content (AvgIpc) is 2.00. The first kappa shape index (κ1) is 11.9. The highest BCUT2D eigenvalue weighted by molar-refractivity contribution is 4.80. The number of hydrogen-bond donors (Lipinski definition) is 1. The highest BCUT2D eigenvalue weighted by Crippen LogP contribution is 2.08. The molecule has 0 aliphatic rings. The Kier molecular flexibility index (Phi) is 4.75. The molecule has 0 rings (SSSR count). The van der Waals surface area contributed by atoms with Crippen molar-refractivity contribution in [2.75, 3.05) is 40.8 Å². The van der Waals surface area contributed by atoms with Gasteiger partial charge in [-0.3, -0.25) is 4.90 Å². The molecule has 0 aliphatic carbocycles. The number of hydrogen-bond acceptors (Lipinski definition) is 3. The Bertz CT molecular complexity index is 121. The van der Waals surface area contributed by atoms with Crippen LogP contribution in [0.3, 0.4) is 0 Å². The largest absolute Gasteiger partial charge is 0.329 e. The van der Waals surface area contributed by atoms with E-state index in [9.17, 15) is 0 Å². The fourth-order valence-corrected chi connectivity index (χ4v) is 0.809. The van der Waals surface area contributed by atoms with Crippen LogP contribution < -0.4 is 5.73 Å². The van der Waals surface area contributed by atoms with E-state index in [2.05, 4.69) is 44.8 Å². The van der Waals surface area contributed by atoms with Gasteiger partial charge in [0, 0.05) is 25.2 Å². The van der Waals surface area contributed by atoms with Crippen LogP contribution in [0.15, 0.2) is 0 Å². The highest BCUT2D eigenvalue weighted by atomic mass is 15.2. The third kappa shape index (κ3) is 4.04. The van der Waals surface area contributed by atoms with Gasteiger partial charge >= 0.3 is 0 Å². The molecule has 3 heteroatoms. The molecule has 0 bridgehead atoms. The van der Waals surface area contributed by atoms with E-state index in [4.69, 9.17) is 5.73 Å². The van der Waals surface area contributed by atoms with Crippen molar-refractivity contribution in [3.8, 4) is 0 Å². The van der Waals surface area contributed by atoms with Crippen molar-refractivity contribution < 1.29 is 0 Å². The van der Waals surface area contributed by atoms with Gasteiger partial charge in [-0.2, -0.15) is 0 Å². The lowest BCUT2D eigenvalue weighted by Crippen LogP contribution is -2.49. The van der Waals surface area contributed by atoms with Crippen molar-refractivity contribution in [2.24, 2.45) is 5.73 Å². The van der Waals surface area contributed by atoms with E-state index in [0.717, 1.165) is 13.1 Å². The second-order valence-electron chi connectivity index (χ2n) is 4.24. The zero-order valence-corrected chi connectivity index (χ0v) is 9.09. The lowest BCUT2D eigenvalue weighted by atomic mass is 10.0. The number of rotatable bonds is 5. The van der Waals surface area contributed by atoms with Gasteiger partial charge in [0.2, 0.25) is 0 Å². The molecule has 0 aromatic heterocycles. The Morgan fingerprint density at radius 3 is 1.92 bits per heavy atom. The van der Waals surface area contributed by atoms with Crippen LogP contribution in [0, 0.1) is 0 Å². The van der Waals surface area contributed by atoms with Gasteiger partial charge in [0.1, 0.15) is 0 Å². The molecule has 0 aromatic carbocycles. The minimum absolute atomic E-state index is 0.121. The molecular weight excluding hydrogens is 150 g/mol. The summed E-state index contributed by atoms with van der Waals surface area (Å²) in [5, 5.41) is 0. The zero-order valence-electron chi connectivity index (χ0n) is 9.09. The Morgan fingerprint density at radius 2 is 1.58 bits per heavy atom. The Labute approximate surface area is 76.5 Å². The summed E-state index contributed by atoms with van der Waals surface area (Å²) in [6.07, 6.45) is 0. The summed E-state index contributed by atoms with van der Waals surface area (Å²) in [5.74, 6) is 0. The first-order chi connectivity index (χ1) is 5.40. The van der Waals surface area contributed by atoms with Gasteiger partial charge in [-0.1, -0.05) is 0 Å². The van der Waals surface area contributed by atoms with E-state index in [1.54, 1.807) is 0 Å². The van der Waals surface area contributed by atoms with Gasteiger partial charge in [-0.15, -0.1) is 0 Å². The summed E-state index contributed by atoms with van der Waals surface area (Å²) in [6.45, 7) is 7.19. The van der Waals surface area contributed by atoms with Gasteiger partial charge in [-0.25, -0.2) is 0 Å². The third-order valence-corrected chi connectivity index (χ3v) is 2.42. The normalized spacial score (nSPS) is 13.0. The summed E-state index contributed by atoms with van der Waals surface area (Å²) < 4.78 is 0. The molecule has 0 fully saturated rings. The summed E-state index contributed by atoms with van der Waals surface area (Å²) >= 11 is 0. The lowest BCUT2D eigenvalue weighted by molar-refractivity contribution is 0.150. The van der Waals surface area contributed by atoms with Gasteiger partial charge in [0.25, 0.3) is 0 Å². The van der Waals surface area contributed by atoms with Crippen molar-refractivity contribution in [1.29, 1.82) is 0 Å². The van der Waals surface area contributed by atoms with Crippen molar-refractivity contribution in [3.63, 3.8) is 0 Å². The maximum Gasteiger partial charge on any atom is 0.0272 e. The first-order valence-electron chi connectivity index (χ1n) is 4.46. The first-order valence-corrected chi connectivity index (χ1v) is 4.46. The number of likely N-dealkylation sites (N-methyl/N-ethyl adjacent to an activating group) is 2. The van der Waals surface area contributed by atoms with Crippen molar-refractivity contribution in [3.05, 3.63) is 0 Å². The smallest absolute Gasteiger partial charge is 0.0272 e. The molecule has 0 radical (unpaired) electrons. The van der Waals surface area contributed by atoms with Crippen LogP contribution in [0.2, 0.25) is 0 Å². The maximum absolute atomic E-state index is 5.66.